The third-order valence-electron chi connectivity index (χ3n) is 6.93. The minimum absolute atomic E-state index is 0.300. The number of aryl methyl sites for hydroxylation is 1. The Morgan fingerprint density at radius 2 is 1.62 bits per heavy atom. The predicted octanol–water partition coefficient (Wildman–Crippen LogP) is 7.77. The van der Waals surface area contributed by atoms with E-state index in [4.69, 9.17) is 26.7 Å². The zero-order chi connectivity index (χ0) is 26.5. The molecule has 2 aliphatic rings. The van der Waals surface area contributed by atoms with Gasteiger partial charge in [0.15, 0.2) is 17.5 Å². The highest BCUT2D eigenvalue weighted by Crippen LogP contribution is 2.48. The van der Waals surface area contributed by atoms with Crippen molar-refractivity contribution in [3.8, 4) is 5.69 Å². The molecule has 1 aromatic heterocycles. The summed E-state index contributed by atoms with van der Waals surface area (Å²) in [5, 5.41) is 8.90. The fourth-order valence-electron chi connectivity index (χ4n) is 5.24. The molecule has 39 heavy (non-hydrogen) atoms. The van der Waals surface area contributed by atoms with Gasteiger partial charge in [0.2, 0.25) is 0 Å². The van der Waals surface area contributed by atoms with Gasteiger partial charge in [-0.1, -0.05) is 66.2 Å². The number of hydrogen-bond donors (Lipinski definition) is 1. The van der Waals surface area contributed by atoms with E-state index in [0.29, 0.717) is 28.1 Å². The molecule has 2 aliphatic heterocycles. The number of nitrogens with one attached hydrogen (secondary N) is 1. The normalized spacial score (nSPS) is 15.6. The number of rotatable bonds is 3. The number of para-hydroxylation sites is 3. The van der Waals surface area contributed by atoms with Crippen LogP contribution >= 0.6 is 11.6 Å². The third-order valence-corrected chi connectivity index (χ3v) is 7.16. The molecule has 190 valence electrons. The molecule has 1 atom stereocenters. The van der Waals surface area contributed by atoms with Crippen LogP contribution in [0.2, 0.25) is 5.02 Å². The van der Waals surface area contributed by atoms with Crippen LogP contribution in [0.15, 0.2) is 113 Å². The quantitative estimate of drug-likeness (QED) is 0.258. The Hall–Kier alpha value is -4.75. The highest BCUT2D eigenvalue weighted by molar-refractivity contribution is 6.51. The molecule has 5 aromatic rings. The van der Waals surface area contributed by atoms with Gasteiger partial charge in [0.1, 0.15) is 5.82 Å². The molecule has 0 saturated carbocycles. The van der Waals surface area contributed by atoms with Crippen molar-refractivity contribution < 1.29 is 4.39 Å². The van der Waals surface area contributed by atoms with Crippen LogP contribution in [0.25, 0.3) is 5.69 Å². The molecule has 4 aromatic carbocycles. The Balaban J connectivity index is 1.52. The minimum Gasteiger partial charge on any atom is -0.337 e. The molecule has 6 nitrogen and oxygen atoms in total. The summed E-state index contributed by atoms with van der Waals surface area (Å²) in [5.74, 6) is 1.43. The van der Waals surface area contributed by atoms with Gasteiger partial charge < -0.3 is 10.2 Å². The molecule has 0 saturated heterocycles. The fourth-order valence-corrected chi connectivity index (χ4v) is 5.43. The van der Waals surface area contributed by atoms with Crippen molar-refractivity contribution >= 4 is 46.2 Å². The van der Waals surface area contributed by atoms with Gasteiger partial charge in [-0.2, -0.15) is 5.10 Å². The van der Waals surface area contributed by atoms with Crippen LogP contribution in [-0.4, -0.2) is 21.5 Å². The van der Waals surface area contributed by atoms with Crippen molar-refractivity contribution in [2.75, 3.05) is 10.2 Å². The molecule has 0 fully saturated rings. The van der Waals surface area contributed by atoms with Gasteiger partial charge in [0.25, 0.3) is 0 Å². The summed E-state index contributed by atoms with van der Waals surface area (Å²) in [6, 6.07) is 31.4. The molecule has 0 amide bonds. The number of aliphatic imine (C=N–C) groups is 2. The third kappa shape index (κ3) is 3.90. The molecule has 0 radical (unpaired) electrons. The van der Waals surface area contributed by atoms with Crippen LogP contribution in [-0.2, 0) is 0 Å². The zero-order valence-corrected chi connectivity index (χ0v) is 21.6. The average Bonchev–Trinajstić information content (AvgIpc) is 3.29. The number of fused-ring (bicyclic) bond motifs is 4. The summed E-state index contributed by atoms with van der Waals surface area (Å²) in [5.41, 5.74) is 5.35. The molecule has 0 spiro atoms. The van der Waals surface area contributed by atoms with E-state index in [1.807, 2.05) is 103 Å². The van der Waals surface area contributed by atoms with E-state index in [1.165, 1.54) is 6.07 Å². The summed E-state index contributed by atoms with van der Waals surface area (Å²) >= 11 is 6.29. The number of aromatic nitrogens is 2. The second kappa shape index (κ2) is 9.22. The fraction of sp³-hybridized carbons (Fsp3) is 0.0645. The lowest BCUT2D eigenvalue weighted by Crippen LogP contribution is -2.46. The summed E-state index contributed by atoms with van der Waals surface area (Å²) < 4.78 is 17.4. The first-order chi connectivity index (χ1) is 19.1. The van der Waals surface area contributed by atoms with E-state index in [2.05, 4.69) is 10.2 Å². The zero-order valence-electron chi connectivity index (χ0n) is 20.9. The van der Waals surface area contributed by atoms with Crippen molar-refractivity contribution in [3.05, 3.63) is 131 Å². The average molecular weight is 533 g/mol. The van der Waals surface area contributed by atoms with Gasteiger partial charge in [0, 0.05) is 21.8 Å². The first-order valence-corrected chi connectivity index (χ1v) is 12.9. The Kier molecular flexibility index (Phi) is 5.52. The summed E-state index contributed by atoms with van der Waals surface area (Å²) in [6.45, 7) is 1.95. The van der Waals surface area contributed by atoms with Crippen molar-refractivity contribution in [1.82, 2.24) is 9.78 Å². The summed E-state index contributed by atoms with van der Waals surface area (Å²) in [7, 11) is 0. The maximum atomic E-state index is 15.6. The minimum atomic E-state index is -0.529. The van der Waals surface area contributed by atoms with E-state index >= 15 is 4.39 Å². The Bertz CT molecular complexity index is 1790. The lowest BCUT2D eigenvalue weighted by Gasteiger charge is -2.40. The molecule has 0 aliphatic carbocycles. The number of hydrogen-bond acceptors (Lipinski definition) is 5. The van der Waals surface area contributed by atoms with E-state index in [9.17, 15) is 0 Å². The maximum absolute atomic E-state index is 15.6. The van der Waals surface area contributed by atoms with Crippen LogP contribution in [0.4, 0.5) is 27.3 Å². The highest BCUT2D eigenvalue weighted by Gasteiger charge is 2.42. The van der Waals surface area contributed by atoms with Crippen LogP contribution in [0.3, 0.4) is 0 Å². The standard InChI is InChI=1S/C31H22ClFN6/c1-19-27-28(23-14-5-6-15-24(23)33)38-26-17-8-7-16-25(26)35-29(34-21-11-9-10-20(32)18-21)31(38)36-30(27)39(37-19)22-12-3-2-4-13-22/h2-18,28H,1H3,(H,34,35)/t28-/m1/s1. The van der Waals surface area contributed by atoms with Crippen LogP contribution < -0.4 is 10.2 Å². The molecule has 1 N–H and O–H groups in total. The lowest BCUT2D eigenvalue weighted by molar-refractivity contribution is 0.597. The number of amidine groups is 2. The van der Waals surface area contributed by atoms with Gasteiger partial charge in [-0.15, -0.1) is 0 Å². The second-order valence-electron chi connectivity index (χ2n) is 9.38. The number of halogens is 2. The topological polar surface area (TPSA) is 57.8 Å². The van der Waals surface area contributed by atoms with E-state index < -0.39 is 6.04 Å². The first kappa shape index (κ1) is 23.4. The van der Waals surface area contributed by atoms with E-state index in [0.717, 1.165) is 34.0 Å². The molecule has 7 rings (SSSR count). The van der Waals surface area contributed by atoms with Crippen LogP contribution in [0.1, 0.15) is 22.9 Å². The maximum Gasteiger partial charge on any atom is 0.179 e. The van der Waals surface area contributed by atoms with Gasteiger partial charge >= 0.3 is 0 Å². The molecule has 8 heteroatoms. The molecular formula is C31H22ClFN6. The summed E-state index contributed by atoms with van der Waals surface area (Å²) in [6.07, 6.45) is 0. The Morgan fingerprint density at radius 3 is 2.44 bits per heavy atom. The second-order valence-corrected chi connectivity index (χ2v) is 9.82. The van der Waals surface area contributed by atoms with Crippen molar-refractivity contribution in [2.45, 2.75) is 13.0 Å². The molecule has 3 heterocycles. The molecule has 0 bridgehead atoms. The Morgan fingerprint density at radius 1 is 0.846 bits per heavy atom. The van der Waals surface area contributed by atoms with Gasteiger partial charge in [-0.05, 0) is 55.5 Å². The van der Waals surface area contributed by atoms with Crippen molar-refractivity contribution in [3.63, 3.8) is 0 Å². The summed E-state index contributed by atoms with van der Waals surface area (Å²) in [4.78, 5) is 12.2. The monoisotopic (exact) mass is 532 g/mol. The SMILES string of the molecule is Cc1nn(-c2ccccc2)c2c1[C@@H](c1ccccc1F)N1C(=N2)C(Nc2cccc(Cl)c2)=Nc2ccccc21. The molecule has 0 unspecified atom stereocenters. The van der Waals surface area contributed by atoms with Gasteiger partial charge in [-0.3, -0.25) is 0 Å². The number of nitrogens with zero attached hydrogens (tertiary/aromatic N) is 5. The van der Waals surface area contributed by atoms with Gasteiger partial charge in [0.05, 0.1) is 28.8 Å². The number of benzene rings is 4. The molecular weight excluding hydrogens is 511 g/mol. The van der Waals surface area contributed by atoms with Gasteiger partial charge in [-0.25, -0.2) is 19.1 Å². The largest absolute Gasteiger partial charge is 0.337 e. The smallest absolute Gasteiger partial charge is 0.179 e. The highest BCUT2D eigenvalue weighted by atomic mass is 35.5. The lowest BCUT2D eigenvalue weighted by atomic mass is 9.93. The predicted molar refractivity (Wildman–Crippen MR) is 155 cm³/mol. The van der Waals surface area contributed by atoms with Crippen LogP contribution in [0, 0.1) is 12.7 Å². The Labute approximate surface area is 229 Å². The van der Waals surface area contributed by atoms with Crippen LogP contribution in [0.5, 0.6) is 0 Å². The van der Waals surface area contributed by atoms with Crippen molar-refractivity contribution in [1.29, 1.82) is 0 Å². The first-order valence-electron chi connectivity index (χ1n) is 12.6. The van der Waals surface area contributed by atoms with Crippen molar-refractivity contribution in [2.24, 2.45) is 9.98 Å². The number of anilines is 2. The van der Waals surface area contributed by atoms with E-state index in [1.54, 1.807) is 6.07 Å². The van der Waals surface area contributed by atoms with E-state index in [-0.39, 0.29) is 5.82 Å².